The van der Waals surface area contributed by atoms with Gasteiger partial charge in [-0.1, -0.05) is 48.0 Å². The largest absolute Gasteiger partial charge is 0.335 e. The Bertz CT molecular complexity index is 450. The highest BCUT2D eigenvalue weighted by molar-refractivity contribution is 9.10. The van der Waals surface area contributed by atoms with E-state index in [2.05, 4.69) is 55.0 Å². The molecule has 2 unspecified atom stereocenters. The monoisotopic (exact) mass is 354 g/mol. The first-order valence-electron chi connectivity index (χ1n) is 7.78. The second kappa shape index (κ2) is 9.21. The third-order valence-corrected chi connectivity index (χ3v) is 4.54. The summed E-state index contributed by atoms with van der Waals surface area (Å²) < 4.78 is 1.06. The number of nitrogens with one attached hydrogen (secondary N) is 1. The molecule has 1 N–H and O–H groups in total. The lowest BCUT2D eigenvalue weighted by Gasteiger charge is -2.30. The van der Waals surface area contributed by atoms with E-state index in [1.165, 1.54) is 0 Å². The van der Waals surface area contributed by atoms with Crippen molar-refractivity contribution in [2.75, 3.05) is 13.1 Å². The number of hydrogen-bond acceptors (Lipinski definition) is 2. The Morgan fingerprint density at radius 3 is 2.52 bits per heavy atom. The maximum atomic E-state index is 12.5. The number of amides is 1. The predicted molar refractivity (Wildman–Crippen MR) is 92.3 cm³/mol. The van der Waals surface area contributed by atoms with Crippen LogP contribution >= 0.6 is 15.9 Å². The van der Waals surface area contributed by atoms with E-state index in [9.17, 15) is 4.79 Å². The molecule has 1 amide bonds. The molecule has 0 radical (unpaired) electrons. The van der Waals surface area contributed by atoms with Gasteiger partial charge in [-0.05, 0) is 38.3 Å². The van der Waals surface area contributed by atoms with Crippen molar-refractivity contribution in [3.63, 3.8) is 0 Å². The molecule has 0 heterocycles. The smallest absolute Gasteiger partial charge is 0.237 e. The van der Waals surface area contributed by atoms with Gasteiger partial charge in [0.1, 0.15) is 0 Å². The SMILES string of the molecule is CCCN(C(=O)CNC(C)CC)C(C)c1ccccc1Br. The summed E-state index contributed by atoms with van der Waals surface area (Å²) in [5.74, 6) is 0.167. The van der Waals surface area contributed by atoms with Gasteiger partial charge in [0, 0.05) is 17.1 Å². The van der Waals surface area contributed by atoms with Gasteiger partial charge in [-0.2, -0.15) is 0 Å². The van der Waals surface area contributed by atoms with Crippen molar-refractivity contribution < 1.29 is 4.79 Å². The number of carbonyl (C=O) groups is 1. The van der Waals surface area contributed by atoms with Crippen LogP contribution in [-0.4, -0.2) is 29.9 Å². The number of halogens is 1. The molecule has 0 spiro atoms. The Morgan fingerprint density at radius 2 is 1.95 bits per heavy atom. The summed E-state index contributed by atoms with van der Waals surface area (Å²) in [6, 6.07) is 8.56. The summed E-state index contributed by atoms with van der Waals surface area (Å²) in [6.07, 6.45) is 1.99. The summed E-state index contributed by atoms with van der Waals surface area (Å²) in [7, 11) is 0. The fraction of sp³-hybridized carbons (Fsp3) is 0.588. The first kappa shape index (κ1) is 18.2. The van der Waals surface area contributed by atoms with E-state index in [0.29, 0.717) is 12.6 Å². The lowest BCUT2D eigenvalue weighted by atomic mass is 10.1. The Balaban J connectivity index is 2.80. The van der Waals surface area contributed by atoms with Crippen molar-refractivity contribution in [1.29, 1.82) is 0 Å². The molecule has 2 atom stereocenters. The van der Waals surface area contributed by atoms with Gasteiger partial charge < -0.3 is 10.2 Å². The van der Waals surface area contributed by atoms with Gasteiger partial charge in [-0.25, -0.2) is 0 Å². The van der Waals surface area contributed by atoms with Crippen LogP contribution in [0.4, 0.5) is 0 Å². The van der Waals surface area contributed by atoms with Crippen LogP contribution in [0.1, 0.15) is 52.1 Å². The second-order valence-electron chi connectivity index (χ2n) is 5.47. The third-order valence-electron chi connectivity index (χ3n) is 3.82. The highest BCUT2D eigenvalue weighted by Crippen LogP contribution is 2.27. The third kappa shape index (κ3) is 5.44. The maximum absolute atomic E-state index is 12.5. The van der Waals surface area contributed by atoms with Crippen LogP contribution in [0.5, 0.6) is 0 Å². The van der Waals surface area contributed by atoms with Crippen molar-refractivity contribution in [2.45, 2.75) is 52.6 Å². The molecule has 0 saturated carbocycles. The molecule has 0 saturated heterocycles. The summed E-state index contributed by atoms with van der Waals surface area (Å²) >= 11 is 3.59. The molecule has 0 aromatic heterocycles. The predicted octanol–water partition coefficient (Wildman–Crippen LogP) is 4.14. The zero-order chi connectivity index (χ0) is 15.8. The quantitative estimate of drug-likeness (QED) is 0.760. The van der Waals surface area contributed by atoms with Crippen LogP contribution in [0, 0.1) is 0 Å². The minimum atomic E-state index is 0.0757. The Labute approximate surface area is 137 Å². The molecule has 1 aromatic carbocycles. The van der Waals surface area contributed by atoms with Crippen molar-refractivity contribution in [3.05, 3.63) is 34.3 Å². The molecule has 0 aliphatic heterocycles. The summed E-state index contributed by atoms with van der Waals surface area (Å²) in [4.78, 5) is 14.5. The molecule has 21 heavy (non-hydrogen) atoms. The van der Waals surface area contributed by atoms with E-state index in [1.54, 1.807) is 0 Å². The lowest BCUT2D eigenvalue weighted by molar-refractivity contribution is -0.132. The topological polar surface area (TPSA) is 32.3 Å². The zero-order valence-corrected chi connectivity index (χ0v) is 15.1. The molecule has 3 nitrogen and oxygen atoms in total. The molecule has 1 rings (SSSR count). The second-order valence-corrected chi connectivity index (χ2v) is 6.33. The Kier molecular flexibility index (Phi) is 7.97. The Morgan fingerprint density at radius 1 is 1.29 bits per heavy atom. The molecule has 0 bridgehead atoms. The van der Waals surface area contributed by atoms with Crippen LogP contribution in [-0.2, 0) is 4.79 Å². The molecule has 0 fully saturated rings. The van der Waals surface area contributed by atoms with Crippen molar-refractivity contribution >= 4 is 21.8 Å². The van der Waals surface area contributed by atoms with E-state index in [4.69, 9.17) is 0 Å². The number of carbonyl (C=O) groups excluding carboxylic acids is 1. The van der Waals surface area contributed by atoms with E-state index < -0.39 is 0 Å². The molecule has 0 aliphatic rings. The van der Waals surface area contributed by atoms with Gasteiger partial charge >= 0.3 is 0 Å². The van der Waals surface area contributed by atoms with Crippen LogP contribution < -0.4 is 5.32 Å². The van der Waals surface area contributed by atoms with Gasteiger partial charge in [0.2, 0.25) is 5.91 Å². The van der Waals surface area contributed by atoms with Gasteiger partial charge in [0.15, 0.2) is 0 Å². The highest BCUT2D eigenvalue weighted by atomic mass is 79.9. The Hall–Kier alpha value is -0.870. The zero-order valence-electron chi connectivity index (χ0n) is 13.5. The average molecular weight is 355 g/mol. The van der Waals surface area contributed by atoms with Gasteiger partial charge in [0.05, 0.1) is 12.6 Å². The van der Waals surface area contributed by atoms with Gasteiger partial charge in [-0.3, -0.25) is 4.79 Å². The van der Waals surface area contributed by atoms with Crippen LogP contribution in [0.25, 0.3) is 0 Å². The summed E-state index contributed by atoms with van der Waals surface area (Å²) in [5, 5.41) is 3.29. The molecule has 1 aromatic rings. The molecule has 0 aliphatic carbocycles. The van der Waals surface area contributed by atoms with E-state index in [-0.39, 0.29) is 11.9 Å². The van der Waals surface area contributed by atoms with Crippen molar-refractivity contribution in [2.24, 2.45) is 0 Å². The van der Waals surface area contributed by atoms with Gasteiger partial charge in [0.25, 0.3) is 0 Å². The normalized spacial score (nSPS) is 13.8. The average Bonchev–Trinajstić information content (AvgIpc) is 2.49. The van der Waals surface area contributed by atoms with Crippen molar-refractivity contribution in [3.8, 4) is 0 Å². The highest BCUT2D eigenvalue weighted by Gasteiger charge is 2.22. The minimum absolute atomic E-state index is 0.0757. The van der Waals surface area contributed by atoms with Crippen LogP contribution in [0.3, 0.4) is 0 Å². The summed E-state index contributed by atoms with van der Waals surface area (Å²) in [6.45, 7) is 9.61. The number of rotatable bonds is 8. The van der Waals surface area contributed by atoms with E-state index in [1.807, 2.05) is 23.1 Å². The molecule has 118 valence electrons. The lowest BCUT2D eigenvalue weighted by Crippen LogP contribution is -2.42. The number of benzene rings is 1. The van der Waals surface area contributed by atoms with Gasteiger partial charge in [-0.15, -0.1) is 0 Å². The number of hydrogen-bond donors (Lipinski definition) is 1. The molecule has 4 heteroatoms. The van der Waals surface area contributed by atoms with Crippen molar-refractivity contribution in [1.82, 2.24) is 10.2 Å². The molecular formula is C17H27BrN2O. The molecular weight excluding hydrogens is 328 g/mol. The van der Waals surface area contributed by atoms with E-state index in [0.717, 1.165) is 29.4 Å². The first-order valence-corrected chi connectivity index (χ1v) is 8.57. The fourth-order valence-corrected chi connectivity index (χ4v) is 2.88. The maximum Gasteiger partial charge on any atom is 0.237 e. The van der Waals surface area contributed by atoms with Crippen LogP contribution in [0.2, 0.25) is 0 Å². The fourth-order valence-electron chi connectivity index (χ4n) is 2.26. The summed E-state index contributed by atoms with van der Waals surface area (Å²) in [5.41, 5.74) is 1.16. The van der Waals surface area contributed by atoms with Crippen LogP contribution in [0.15, 0.2) is 28.7 Å². The standard InChI is InChI=1S/C17H27BrN2O/c1-5-11-20(17(21)12-19-13(3)6-2)14(4)15-9-7-8-10-16(15)18/h7-10,13-14,19H,5-6,11-12H2,1-4H3. The van der Waals surface area contributed by atoms with E-state index >= 15 is 0 Å². The number of nitrogens with zero attached hydrogens (tertiary/aromatic N) is 1. The minimum Gasteiger partial charge on any atom is -0.335 e. The first-order chi connectivity index (χ1) is 10.0.